The van der Waals surface area contributed by atoms with Gasteiger partial charge in [-0.2, -0.15) is 33.7 Å². The first-order valence-corrected chi connectivity index (χ1v) is 28.9. The summed E-state index contributed by atoms with van der Waals surface area (Å²) in [6, 6.07) is 0. The monoisotopic (exact) mass is 1000 g/mol. The highest BCUT2D eigenvalue weighted by molar-refractivity contribution is 7.81. The molecule has 0 aromatic carbocycles. The minimum atomic E-state index is -4.83. The van der Waals surface area contributed by atoms with E-state index in [-0.39, 0.29) is 38.0 Å². The Morgan fingerprint density at radius 2 is 0.750 bits per heavy atom. The first kappa shape index (κ1) is 62.8. The molecule has 0 fully saturated rings. The molecule has 6 atom stereocenters. The number of aliphatic hydroxyl groups is 1. The Balaban J connectivity index is 4.53. The van der Waals surface area contributed by atoms with E-state index < -0.39 is 72.1 Å². The summed E-state index contributed by atoms with van der Waals surface area (Å²) in [5.74, 6) is -0.162. The summed E-state index contributed by atoms with van der Waals surface area (Å²) in [5, 5.41) is 10.7. The maximum absolute atomic E-state index is 11.7. The van der Waals surface area contributed by atoms with Crippen LogP contribution in [0.25, 0.3) is 0 Å². The van der Waals surface area contributed by atoms with Crippen molar-refractivity contribution < 1.29 is 78.5 Å². The van der Waals surface area contributed by atoms with Crippen LogP contribution in [0.2, 0.25) is 0 Å². The highest BCUT2D eigenvalue weighted by atomic mass is 32.3. The Kier molecular flexibility index (Phi) is 36.2. The largest absolute Gasteiger partial charge is 0.397 e. The fourth-order valence-electron chi connectivity index (χ4n) is 7.71. The third-order valence-corrected chi connectivity index (χ3v) is 13.1. The van der Waals surface area contributed by atoms with Gasteiger partial charge in [0.1, 0.15) is 12.4 Å². The maximum atomic E-state index is 11.7. The average Bonchev–Trinajstić information content (AvgIpc) is 3.17. The molecule has 0 saturated heterocycles. The van der Waals surface area contributed by atoms with Crippen molar-refractivity contribution in [3.05, 3.63) is 12.2 Å². The Morgan fingerprint density at radius 3 is 1.19 bits per heavy atom. The highest BCUT2D eigenvalue weighted by Gasteiger charge is 2.27. The summed E-state index contributed by atoms with van der Waals surface area (Å²) in [4.78, 5) is 11.7. The van der Waals surface area contributed by atoms with E-state index in [9.17, 15) is 57.2 Å². The molecule has 0 amide bonds. The second-order valence-electron chi connectivity index (χ2n) is 16.9. The predicted octanol–water partition coefficient (Wildman–Crippen LogP) is 9.60. The van der Waals surface area contributed by atoms with Crippen LogP contribution < -0.4 is 0 Å². The molecule has 0 aliphatic carbocycles. The zero-order valence-corrected chi connectivity index (χ0v) is 41.6. The van der Waals surface area contributed by atoms with Gasteiger partial charge in [0.25, 0.3) is 0 Å². The topological polar surface area (TPSA) is 292 Å². The van der Waals surface area contributed by atoms with Crippen LogP contribution in [0.15, 0.2) is 12.2 Å². The van der Waals surface area contributed by atoms with Crippen molar-refractivity contribution >= 4 is 47.9 Å². The fraction of sp³-hybridized carbons (Fsp3) is 0.929. The summed E-state index contributed by atoms with van der Waals surface area (Å²) in [7, 11) is -18.9. The van der Waals surface area contributed by atoms with Gasteiger partial charge in [-0.1, -0.05) is 148 Å². The van der Waals surface area contributed by atoms with Crippen LogP contribution in [0, 0.1) is 5.92 Å². The molecule has 382 valence electrons. The van der Waals surface area contributed by atoms with Crippen LogP contribution in [0.4, 0.5) is 0 Å². The molecule has 22 heteroatoms. The molecule has 0 saturated carbocycles. The van der Waals surface area contributed by atoms with Crippen molar-refractivity contribution in [2.45, 2.75) is 243 Å². The minimum Gasteiger partial charge on any atom is -0.390 e. The number of unbranched alkanes of at least 4 members (excludes halogenated alkanes) is 16. The van der Waals surface area contributed by atoms with Crippen LogP contribution in [-0.2, 0) is 63.1 Å². The van der Waals surface area contributed by atoms with E-state index in [4.69, 9.17) is 21.3 Å². The van der Waals surface area contributed by atoms with Gasteiger partial charge in [0.05, 0.1) is 24.4 Å². The van der Waals surface area contributed by atoms with E-state index in [2.05, 4.69) is 6.92 Å². The molecule has 0 aliphatic heterocycles. The lowest BCUT2D eigenvalue weighted by molar-refractivity contribution is -0.111. The van der Waals surface area contributed by atoms with E-state index >= 15 is 0 Å². The first-order valence-electron chi connectivity index (χ1n) is 23.5. The number of carbonyl (C=O) groups excluding carboxylic acids is 1. The third-order valence-electron chi connectivity index (χ3n) is 11.0. The van der Waals surface area contributed by atoms with Gasteiger partial charge in [0, 0.05) is 12.3 Å². The molecule has 0 aromatic rings. The third kappa shape index (κ3) is 42.2. The molecule has 0 aromatic heterocycles. The second-order valence-corrected chi connectivity index (χ2v) is 21.1. The number of carbonyl (C=O) groups is 1. The molecular weight excluding hydrogens is 921 g/mol. The molecular formula is C42H82O18S4. The van der Waals surface area contributed by atoms with Crippen molar-refractivity contribution in [1.29, 1.82) is 0 Å². The molecule has 64 heavy (non-hydrogen) atoms. The SMILES string of the molecule is CCCCCCC(CCCCCCCCCC(OS(=O)(=O)O)C(O)CCC=CCCCCC(C=O)CCCCCC(CC(CCCCCC)OS(=O)(=O)O)OS(=O)(=O)O)OS(=O)(=O)O. The first-order chi connectivity index (χ1) is 30.1. The van der Waals surface area contributed by atoms with E-state index in [1.807, 2.05) is 19.1 Å². The van der Waals surface area contributed by atoms with Gasteiger partial charge < -0.3 is 9.90 Å². The summed E-state index contributed by atoms with van der Waals surface area (Å²) in [6.45, 7) is 4.10. The second kappa shape index (κ2) is 36.8. The lowest BCUT2D eigenvalue weighted by atomic mass is 9.95. The minimum absolute atomic E-state index is 0.162. The zero-order chi connectivity index (χ0) is 48.3. The number of rotatable bonds is 46. The van der Waals surface area contributed by atoms with Crippen LogP contribution in [0.1, 0.15) is 213 Å². The van der Waals surface area contributed by atoms with Gasteiger partial charge in [-0.3, -0.25) is 18.2 Å². The number of hydrogen-bond acceptors (Lipinski definition) is 14. The van der Waals surface area contributed by atoms with Gasteiger partial charge in [0.2, 0.25) is 0 Å². The van der Waals surface area contributed by atoms with Crippen molar-refractivity contribution in [2.24, 2.45) is 5.92 Å². The standard InChI is InChI=1S/C42H82O18S4/c1-3-5-7-21-29-38(57-61(45,46)47)30-23-15-10-9-11-17-26-34-42(60-64(54,55)56)41(44)33-25-16-13-12-14-19-27-37(36-43)28-20-18-24-32-40(59-63(51,52)53)35-39(58-62(48,49)50)31-22-8-6-4-2/h13,16,36-42,44H,3-12,14-15,17-35H2,1-2H3,(H,45,46,47)(H,48,49,50)(H,51,52,53)(H,54,55,56). The Bertz CT molecular complexity index is 1640. The lowest BCUT2D eigenvalue weighted by Gasteiger charge is -2.22. The summed E-state index contributed by atoms with van der Waals surface area (Å²) in [6.07, 6.45) is 20.6. The molecule has 0 spiro atoms. The van der Waals surface area contributed by atoms with Gasteiger partial charge in [-0.15, -0.1) is 0 Å². The van der Waals surface area contributed by atoms with E-state index in [0.29, 0.717) is 64.2 Å². The van der Waals surface area contributed by atoms with Crippen molar-refractivity contribution in [3.8, 4) is 0 Å². The van der Waals surface area contributed by atoms with Crippen molar-refractivity contribution in [3.63, 3.8) is 0 Å². The fourth-order valence-corrected chi connectivity index (χ4v) is 9.82. The quantitative estimate of drug-likeness (QED) is 0.0164. The van der Waals surface area contributed by atoms with E-state index in [1.165, 1.54) is 0 Å². The predicted molar refractivity (Wildman–Crippen MR) is 245 cm³/mol. The molecule has 6 unspecified atom stereocenters. The van der Waals surface area contributed by atoms with E-state index in [0.717, 1.165) is 109 Å². The summed E-state index contributed by atoms with van der Waals surface area (Å²) in [5.41, 5.74) is 0. The molecule has 5 N–H and O–H groups in total. The van der Waals surface area contributed by atoms with Crippen LogP contribution in [0.3, 0.4) is 0 Å². The van der Waals surface area contributed by atoms with Gasteiger partial charge >= 0.3 is 41.6 Å². The Hall–Kier alpha value is -1.15. The molecule has 0 aliphatic rings. The molecule has 18 nitrogen and oxygen atoms in total. The normalized spacial score (nSPS) is 15.9. The number of hydrogen-bond donors (Lipinski definition) is 5. The molecule has 0 radical (unpaired) electrons. The van der Waals surface area contributed by atoms with Crippen LogP contribution in [0.5, 0.6) is 0 Å². The molecule has 0 rings (SSSR count). The van der Waals surface area contributed by atoms with Crippen molar-refractivity contribution in [1.82, 2.24) is 0 Å². The van der Waals surface area contributed by atoms with Gasteiger partial charge in [0.15, 0.2) is 0 Å². The smallest absolute Gasteiger partial charge is 0.390 e. The Labute approximate surface area is 386 Å². The lowest BCUT2D eigenvalue weighted by Crippen LogP contribution is -2.31. The van der Waals surface area contributed by atoms with E-state index in [1.54, 1.807) is 0 Å². The summed E-state index contributed by atoms with van der Waals surface area (Å²) >= 11 is 0. The molecule has 0 bridgehead atoms. The Morgan fingerprint density at radius 1 is 0.406 bits per heavy atom. The maximum Gasteiger partial charge on any atom is 0.397 e. The average molecular weight is 1000 g/mol. The van der Waals surface area contributed by atoms with Gasteiger partial charge in [-0.05, 0) is 70.6 Å². The van der Waals surface area contributed by atoms with Crippen LogP contribution in [-0.4, -0.2) is 93.8 Å². The van der Waals surface area contributed by atoms with Gasteiger partial charge in [-0.25, -0.2) is 16.7 Å². The highest BCUT2D eigenvalue weighted by Crippen LogP contribution is 2.24. The number of allylic oxidation sites excluding steroid dienone is 2. The summed E-state index contributed by atoms with van der Waals surface area (Å²) < 4.78 is 147. The number of aldehydes is 1. The van der Waals surface area contributed by atoms with Crippen LogP contribution >= 0.6 is 0 Å². The number of aliphatic hydroxyl groups excluding tert-OH is 1. The zero-order valence-electron chi connectivity index (χ0n) is 38.3. The molecule has 0 heterocycles. The van der Waals surface area contributed by atoms with Crippen molar-refractivity contribution in [2.75, 3.05) is 0 Å².